The fourth-order valence-electron chi connectivity index (χ4n) is 2.29. The number of carbonyl (C=O) groups excluding carboxylic acids is 1. The number of nitrogens with one attached hydrogen (secondary N) is 2. The van der Waals surface area contributed by atoms with Gasteiger partial charge in [0.15, 0.2) is 0 Å². The Labute approximate surface area is 154 Å². The number of nitrogens with zero attached hydrogens (tertiary/aromatic N) is 2. The molecule has 0 spiro atoms. The van der Waals surface area contributed by atoms with Gasteiger partial charge in [0.05, 0.1) is 0 Å². The summed E-state index contributed by atoms with van der Waals surface area (Å²) < 4.78 is 0.956. The highest BCUT2D eigenvalue weighted by atomic mass is 79.9. The number of hydrogen-bond acceptors (Lipinski definition) is 4. The van der Waals surface area contributed by atoms with Crippen LogP contribution >= 0.6 is 15.9 Å². The number of anilines is 2. The van der Waals surface area contributed by atoms with E-state index < -0.39 is 0 Å². The minimum atomic E-state index is -0.268. The molecule has 1 amide bonds. The molecule has 2 aromatic carbocycles. The summed E-state index contributed by atoms with van der Waals surface area (Å²) in [6.07, 6.45) is 2.27. The molecule has 3 aromatic rings. The molecule has 0 fully saturated rings. The molecule has 0 aliphatic heterocycles. The van der Waals surface area contributed by atoms with E-state index >= 15 is 0 Å². The van der Waals surface area contributed by atoms with Crippen molar-refractivity contribution in [3.63, 3.8) is 0 Å². The molecule has 0 radical (unpaired) electrons. The highest BCUT2D eigenvalue weighted by molar-refractivity contribution is 9.10. The topological polar surface area (TPSA) is 66.9 Å². The second-order valence-electron chi connectivity index (χ2n) is 5.41. The Hall–Kier alpha value is -2.73. The Morgan fingerprint density at radius 2 is 1.76 bits per heavy atom. The fourth-order valence-corrected chi connectivity index (χ4v) is 2.55. The molecule has 0 saturated heterocycles. The molecule has 0 saturated carbocycles. The minimum absolute atomic E-state index is 0.268. The van der Waals surface area contributed by atoms with Crippen molar-refractivity contribution in [2.24, 2.45) is 0 Å². The summed E-state index contributed by atoms with van der Waals surface area (Å²) in [4.78, 5) is 20.5. The van der Waals surface area contributed by atoms with E-state index in [2.05, 4.69) is 48.7 Å². The molecule has 0 bridgehead atoms. The van der Waals surface area contributed by atoms with Crippen LogP contribution in [0, 0.1) is 0 Å². The Bertz CT molecular complexity index is 838. The third-order valence-electron chi connectivity index (χ3n) is 3.56. The Morgan fingerprint density at radius 3 is 2.52 bits per heavy atom. The van der Waals surface area contributed by atoms with Gasteiger partial charge in [0.1, 0.15) is 17.8 Å². The van der Waals surface area contributed by atoms with Crippen LogP contribution in [0.25, 0.3) is 0 Å². The number of carbonyl (C=O) groups is 1. The molecule has 1 aromatic heterocycles. The molecule has 6 heteroatoms. The van der Waals surface area contributed by atoms with Crippen LogP contribution in [0.3, 0.4) is 0 Å². The van der Waals surface area contributed by atoms with E-state index in [4.69, 9.17) is 0 Å². The zero-order chi connectivity index (χ0) is 17.5. The van der Waals surface area contributed by atoms with Crippen LogP contribution < -0.4 is 10.6 Å². The summed E-state index contributed by atoms with van der Waals surface area (Å²) >= 11 is 3.37. The van der Waals surface area contributed by atoms with E-state index in [1.807, 2.05) is 42.5 Å². The number of halogens is 1. The first-order chi connectivity index (χ1) is 12.2. The van der Waals surface area contributed by atoms with Crippen LogP contribution in [-0.4, -0.2) is 22.4 Å². The van der Waals surface area contributed by atoms with Gasteiger partial charge in [0.25, 0.3) is 5.91 Å². The van der Waals surface area contributed by atoms with Crippen molar-refractivity contribution < 1.29 is 4.79 Å². The predicted molar refractivity (Wildman–Crippen MR) is 103 cm³/mol. The van der Waals surface area contributed by atoms with Crippen molar-refractivity contribution in [2.45, 2.75) is 6.42 Å². The first-order valence-electron chi connectivity index (χ1n) is 7.87. The number of rotatable bonds is 6. The van der Waals surface area contributed by atoms with Gasteiger partial charge in [-0.25, -0.2) is 9.97 Å². The van der Waals surface area contributed by atoms with Crippen LogP contribution in [0.4, 0.5) is 11.5 Å². The molecule has 0 unspecified atom stereocenters. The Kier molecular flexibility index (Phi) is 5.74. The van der Waals surface area contributed by atoms with E-state index in [0.29, 0.717) is 17.2 Å². The van der Waals surface area contributed by atoms with Crippen LogP contribution in [0.2, 0.25) is 0 Å². The third-order valence-corrected chi connectivity index (χ3v) is 4.09. The third kappa shape index (κ3) is 5.12. The van der Waals surface area contributed by atoms with Crippen molar-refractivity contribution in [3.05, 3.63) is 82.7 Å². The molecule has 5 nitrogen and oxygen atoms in total. The Morgan fingerprint density at radius 1 is 1.00 bits per heavy atom. The summed E-state index contributed by atoms with van der Waals surface area (Å²) in [5.74, 6) is 0.364. The SMILES string of the molecule is O=C(Nc1ccc(Br)cc1)c1cc(NCCc2ccccc2)ncn1. The zero-order valence-corrected chi connectivity index (χ0v) is 15.0. The lowest BCUT2D eigenvalue weighted by atomic mass is 10.1. The maximum atomic E-state index is 12.3. The van der Waals surface area contributed by atoms with Gasteiger partial charge in [-0.3, -0.25) is 4.79 Å². The largest absolute Gasteiger partial charge is 0.370 e. The molecule has 2 N–H and O–H groups in total. The van der Waals surface area contributed by atoms with Crippen LogP contribution in [0.1, 0.15) is 16.1 Å². The number of benzene rings is 2. The lowest BCUT2D eigenvalue weighted by Crippen LogP contribution is -2.15. The molecular formula is C19H17BrN4O. The number of amides is 1. The first-order valence-corrected chi connectivity index (χ1v) is 8.67. The maximum absolute atomic E-state index is 12.3. The van der Waals surface area contributed by atoms with E-state index in [1.54, 1.807) is 6.07 Å². The smallest absolute Gasteiger partial charge is 0.274 e. The maximum Gasteiger partial charge on any atom is 0.274 e. The summed E-state index contributed by atoms with van der Waals surface area (Å²) in [5.41, 5.74) is 2.28. The summed E-state index contributed by atoms with van der Waals surface area (Å²) in [6.45, 7) is 0.731. The van der Waals surface area contributed by atoms with Crippen LogP contribution in [0.5, 0.6) is 0 Å². The van der Waals surface area contributed by atoms with Gasteiger partial charge in [-0.2, -0.15) is 0 Å². The quantitative estimate of drug-likeness (QED) is 0.656. The van der Waals surface area contributed by atoms with Crippen LogP contribution in [-0.2, 0) is 6.42 Å². The van der Waals surface area contributed by atoms with E-state index in [-0.39, 0.29) is 5.91 Å². The molecule has 126 valence electrons. The van der Waals surface area contributed by atoms with Crippen molar-refractivity contribution >= 4 is 33.3 Å². The first kappa shape index (κ1) is 17.1. The van der Waals surface area contributed by atoms with Crippen LogP contribution in [0.15, 0.2) is 71.5 Å². The molecule has 0 atom stereocenters. The van der Waals surface area contributed by atoms with Crippen molar-refractivity contribution in [3.8, 4) is 0 Å². The van der Waals surface area contributed by atoms with Gasteiger partial charge in [-0.15, -0.1) is 0 Å². The fraction of sp³-hybridized carbons (Fsp3) is 0.105. The summed E-state index contributed by atoms with van der Waals surface area (Å²) in [5, 5.41) is 6.04. The zero-order valence-electron chi connectivity index (χ0n) is 13.4. The average Bonchev–Trinajstić information content (AvgIpc) is 2.65. The molecule has 1 heterocycles. The average molecular weight is 397 g/mol. The predicted octanol–water partition coefficient (Wildman–Crippen LogP) is 4.15. The van der Waals surface area contributed by atoms with E-state index in [9.17, 15) is 4.79 Å². The molecule has 25 heavy (non-hydrogen) atoms. The number of aromatic nitrogens is 2. The highest BCUT2D eigenvalue weighted by Gasteiger charge is 2.09. The minimum Gasteiger partial charge on any atom is -0.370 e. The van der Waals surface area contributed by atoms with Crippen molar-refractivity contribution in [1.29, 1.82) is 0 Å². The highest BCUT2D eigenvalue weighted by Crippen LogP contribution is 2.15. The Balaban J connectivity index is 1.58. The monoisotopic (exact) mass is 396 g/mol. The summed E-state index contributed by atoms with van der Waals surface area (Å²) in [7, 11) is 0. The normalized spacial score (nSPS) is 10.3. The van der Waals surface area contributed by atoms with E-state index in [1.165, 1.54) is 11.9 Å². The van der Waals surface area contributed by atoms with Crippen molar-refractivity contribution in [2.75, 3.05) is 17.2 Å². The molecular weight excluding hydrogens is 380 g/mol. The lowest BCUT2D eigenvalue weighted by molar-refractivity contribution is 0.102. The molecule has 0 aliphatic rings. The molecule has 0 aliphatic carbocycles. The van der Waals surface area contributed by atoms with Gasteiger partial charge in [0, 0.05) is 22.8 Å². The van der Waals surface area contributed by atoms with Gasteiger partial charge in [-0.1, -0.05) is 46.3 Å². The lowest BCUT2D eigenvalue weighted by Gasteiger charge is -2.08. The summed E-state index contributed by atoms with van der Waals surface area (Å²) in [6, 6.07) is 19.2. The molecule has 3 rings (SSSR count). The number of hydrogen-bond donors (Lipinski definition) is 2. The second-order valence-corrected chi connectivity index (χ2v) is 6.33. The van der Waals surface area contributed by atoms with Gasteiger partial charge in [-0.05, 0) is 36.2 Å². The van der Waals surface area contributed by atoms with Gasteiger partial charge in [0.2, 0.25) is 0 Å². The van der Waals surface area contributed by atoms with Crippen molar-refractivity contribution in [1.82, 2.24) is 9.97 Å². The van der Waals surface area contributed by atoms with E-state index in [0.717, 1.165) is 17.4 Å². The second kappa shape index (κ2) is 8.39. The standard InChI is InChI=1S/C19H17BrN4O/c20-15-6-8-16(9-7-15)24-19(25)17-12-18(23-13-22-17)21-11-10-14-4-2-1-3-5-14/h1-9,12-13H,10-11H2,(H,24,25)(H,21,22,23). The van der Waals surface area contributed by atoms with Gasteiger partial charge < -0.3 is 10.6 Å². The van der Waals surface area contributed by atoms with Gasteiger partial charge >= 0.3 is 0 Å².